The summed E-state index contributed by atoms with van der Waals surface area (Å²) >= 11 is 11.5. The number of halogens is 2. The number of carbonyl (C=O) groups excluding carboxylic acids is 1. The molecule has 0 fully saturated rings. The lowest BCUT2D eigenvalue weighted by Crippen LogP contribution is -2.24. The number of pyridine rings is 1. The molecule has 0 saturated heterocycles. The van der Waals surface area contributed by atoms with Crippen molar-refractivity contribution < 1.29 is 9.21 Å². The molecule has 2 amide bonds. The number of anilines is 1. The minimum Gasteiger partial charge on any atom is -0.463 e. The van der Waals surface area contributed by atoms with E-state index in [1.807, 2.05) is 0 Å². The number of urea groups is 1. The highest BCUT2D eigenvalue weighted by molar-refractivity contribution is 6.32. The smallest absolute Gasteiger partial charge is 0.339 e. The number of amides is 2. The molecule has 126 valence electrons. The van der Waals surface area contributed by atoms with Crippen LogP contribution in [-0.4, -0.2) is 17.2 Å². The van der Waals surface area contributed by atoms with E-state index in [0.717, 1.165) is 0 Å². The van der Waals surface area contributed by atoms with Crippen molar-refractivity contribution in [3.05, 3.63) is 68.8 Å². The van der Waals surface area contributed by atoms with Gasteiger partial charge in [0.15, 0.2) is 0 Å². The summed E-state index contributed by atoms with van der Waals surface area (Å²) in [5.41, 5.74) is 3.00. The maximum absolute atomic E-state index is 12.3. The van der Waals surface area contributed by atoms with Crippen molar-refractivity contribution in [3.8, 4) is 0 Å². The maximum Gasteiger partial charge on any atom is 0.339 e. The summed E-state index contributed by atoms with van der Waals surface area (Å²) in [7, 11) is 0. The van der Waals surface area contributed by atoms with Gasteiger partial charge in [-0.2, -0.15) is 5.10 Å². The van der Waals surface area contributed by atoms with E-state index < -0.39 is 6.03 Å². The van der Waals surface area contributed by atoms with Crippen LogP contribution < -0.4 is 16.2 Å². The van der Waals surface area contributed by atoms with Crippen molar-refractivity contribution in [1.82, 2.24) is 10.4 Å². The molecule has 9 heteroatoms. The van der Waals surface area contributed by atoms with Gasteiger partial charge >= 0.3 is 6.03 Å². The van der Waals surface area contributed by atoms with Gasteiger partial charge in [0.2, 0.25) is 5.43 Å². The Morgan fingerprint density at radius 2 is 1.92 bits per heavy atom. The van der Waals surface area contributed by atoms with E-state index in [9.17, 15) is 9.59 Å². The zero-order chi connectivity index (χ0) is 17.8. The van der Waals surface area contributed by atoms with Gasteiger partial charge in [-0.1, -0.05) is 35.3 Å². The van der Waals surface area contributed by atoms with Crippen LogP contribution in [0.15, 0.2) is 57.0 Å². The number of fused-ring (bicyclic) bond motifs is 1. The van der Waals surface area contributed by atoms with Gasteiger partial charge in [0.05, 0.1) is 17.2 Å². The predicted molar refractivity (Wildman–Crippen MR) is 96.5 cm³/mol. The molecule has 3 rings (SSSR count). The maximum atomic E-state index is 12.3. The lowest BCUT2D eigenvalue weighted by Gasteiger charge is -2.04. The lowest BCUT2D eigenvalue weighted by atomic mass is 10.2. The number of hydrogen-bond donors (Lipinski definition) is 2. The molecular formula is C16H10Cl2N4O3. The predicted octanol–water partition coefficient (Wildman–Crippen LogP) is 3.65. The lowest BCUT2D eigenvalue weighted by molar-refractivity contribution is 0.252. The van der Waals surface area contributed by atoms with E-state index in [1.54, 1.807) is 24.3 Å². The van der Waals surface area contributed by atoms with Crippen molar-refractivity contribution >= 4 is 52.1 Å². The molecule has 3 aromatic rings. The highest BCUT2D eigenvalue weighted by Crippen LogP contribution is 2.18. The standard InChI is InChI=1S/C16H10Cl2N4O3/c17-13-5-10(6-14(18)21-13)20-16(24)22-19-7-9-8-25-12-4-2-1-3-11(12)15(9)23/h1-8H,(H2,20,21,22,24)/b19-7-. The number of para-hydroxylation sites is 1. The van der Waals surface area contributed by atoms with Crippen LogP contribution in [0, 0.1) is 0 Å². The van der Waals surface area contributed by atoms with Crippen molar-refractivity contribution in [1.29, 1.82) is 0 Å². The Morgan fingerprint density at radius 1 is 1.20 bits per heavy atom. The Hall–Kier alpha value is -2.90. The molecule has 2 aromatic heterocycles. The van der Waals surface area contributed by atoms with E-state index in [2.05, 4.69) is 20.8 Å². The zero-order valence-corrected chi connectivity index (χ0v) is 14.0. The van der Waals surface area contributed by atoms with Gasteiger partial charge in [-0.15, -0.1) is 0 Å². The average molecular weight is 377 g/mol. The largest absolute Gasteiger partial charge is 0.463 e. The molecule has 0 radical (unpaired) electrons. The molecule has 2 N–H and O–H groups in total. The fourth-order valence-electron chi connectivity index (χ4n) is 2.04. The average Bonchev–Trinajstić information content (AvgIpc) is 2.56. The van der Waals surface area contributed by atoms with Crippen molar-refractivity contribution in [3.63, 3.8) is 0 Å². The molecule has 7 nitrogen and oxygen atoms in total. The van der Waals surface area contributed by atoms with Crippen LogP contribution in [0.1, 0.15) is 5.56 Å². The molecule has 2 heterocycles. The second kappa shape index (κ2) is 7.33. The van der Waals surface area contributed by atoms with Crippen LogP contribution in [0.4, 0.5) is 10.5 Å². The van der Waals surface area contributed by atoms with Crippen molar-refractivity contribution in [2.45, 2.75) is 0 Å². The number of hydrazone groups is 1. The third kappa shape index (κ3) is 4.14. The molecule has 0 aliphatic carbocycles. The van der Waals surface area contributed by atoms with Gasteiger partial charge in [0.25, 0.3) is 0 Å². The third-order valence-corrected chi connectivity index (χ3v) is 3.48. The molecular weight excluding hydrogens is 367 g/mol. The number of carbonyl (C=O) groups is 1. The minimum atomic E-state index is -0.639. The minimum absolute atomic E-state index is 0.139. The summed E-state index contributed by atoms with van der Waals surface area (Å²) in [4.78, 5) is 27.8. The first-order valence-electron chi connectivity index (χ1n) is 6.96. The molecule has 0 spiro atoms. The SMILES string of the molecule is O=C(N/N=C\c1coc2ccccc2c1=O)Nc1cc(Cl)nc(Cl)c1. The highest BCUT2D eigenvalue weighted by atomic mass is 35.5. The number of hydrogen-bond acceptors (Lipinski definition) is 5. The second-order valence-electron chi connectivity index (χ2n) is 4.84. The zero-order valence-electron chi connectivity index (χ0n) is 12.5. The van der Waals surface area contributed by atoms with Crippen LogP contribution in [0.2, 0.25) is 10.3 Å². The Kier molecular flexibility index (Phi) is 4.97. The molecule has 25 heavy (non-hydrogen) atoms. The fourth-order valence-corrected chi connectivity index (χ4v) is 2.50. The van der Waals surface area contributed by atoms with Gasteiger partial charge in [0, 0.05) is 5.69 Å². The fraction of sp³-hybridized carbons (Fsp3) is 0. The van der Waals surface area contributed by atoms with E-state index in [0.29, 0.717) is 16.7 Å². The molecule has 0 aliphatic rings. The Labute approximate surface area is 151 Å². The van der Waals surface area contributed by atoms with Crippen LogP contribution in [-0.2, 0) is 0 Å². The summed E-state index contributed by atoms with van der Waals surface area (Å²) in [6, 6.07) is 9.05. The first-order valence-corrected chi connectivity index (χ1v) is 7.72. The molecule has 0 unspecified atom stereocenters. The molecule has 0 atom stereocenters. The van der Waals surface area contributed by atoms with Crippen molar-refractivity contribution in [2.75, 3.05) is 5.32 Å². The first-order chi connectivity index (χ1) is 12.0. The van der Waals surface area contributed by atoms with Crippen LogP contribution in [0.5, 0.6) is 0 Å². The van der Waals surface area contributed by atoms with Crippen LogP contribution in [0.25, 0.3) is 11.0 Å². The first kappa shape index (κ1) is 16.9. The number of aromatic nitrogens is 1. The van der Waals surface area contributed by atoms with Gasteiger partial charge in [-0.25, -0.2) is 15.2 Å². The summed E-state index contributed by atoms with van der Waals surface area (Å²) in [6.07, 6.45) is 2.47. The number of nitrogens with one attached hydrogen (secondary N) is 2. The molecule has 0 bridgehead atoms. The van der Waals surface area contributed by atoms with E-state index in [1.165, 1.54) is 24.6 Å². The Balaban J connectivity index is 1.69. The van der Waals surface area contributed by atoms with Crippen LogP contribution >= 0.6 is 23.2 Å². The van der Waals surface area contributed by atoms with E-state index >= 15 is 0 Å². The molecule has 0 aliphatic heterocycles. The monoisotopic (exact) mass is 376 g/mol. The normalized spacial score (nSPS) is 11.0. The Bertz CT molecular complexity index is 1010. The van der Waals surface area contributed by atoms with E-state index in [4.69, 9.17) is 27.6 Å². The molecule has 1 aromatic carbocycles. The second-order valence-corrected chi connectivity index (χ2v) is 5.62. The van der Waals surface area contributed by atoms with E-state index in [-0.39, 0.29) is 21.3 Å². The molecule has 0 saturated carbocycles. The highest BCUT2D eigenvalue weighted by Gasteiger charge is 2.06. The quantitative estimate of drug-likeness (QED) is 0.414. The van der Waals surface area contributed by atoms with Gasteiger partial charge in [-0.05, 0) is 24.3 Å². The number of nitrogens with zero attached hydrogens (tertiary/aromatic N) is 2. The third-order valence-electron chi connectivity index (χ3n) is 3.10. The topological polar surface area (TPSA) is 96.6 Å². The number of benzene rings is 1. The van der Waals surface area contributed by atoms with Gasteiger partial charge < -0.3 is 9.73 Å². The Morgan fingerprint density at radius 3 is 2.68 bits per heavy atom. The summed E-state index contributed by atoms with van der Waals surface area (Å²) in [5, 5.41) is 6.91. The van der Waals surface area contributed by atoms with Gasteiger partial charge in [0.1, 0.15) is 22.2 Å². The summed E-state index contributed by atoms with van der Waals surface area (Å²) in [5.74, 6) is 0. The summed E-state index contributed by atoms with van der Waals surface area (Å²) in [6.45, 7) is 0. The van der Waals surface area contributed by atoms with Gasteiger partial charge in [-0.3, -0.25) is 4.79 Å². The summed E-state index contributed by atoms with van der Waals surface area (Å²) < 4.78 is 5.35. The van der Waals surface area contributed by atoms with Crippen molar-refractivity contribution in [2.24, 2.45) is 5.10 Å². The number of rotatable bonds is 3. The van der Waals surface area contributed by atoms with Crippen LogP contribution in [0.3, 0.4) is 0 Å².